The van der Waals surface area contributed by atoms with E-state index in [9.17, 15) is 4.79 Å². The lowest BCUT2D eigenvalue weighted by Crippen LogP contribution is -2.44. The monoisotopic (exact) mass is 380 g/mol. The van der Waals surface area contributed by atoms with Crippen molar-refractivity contribution in [3.8, 4) is 11.3 Å². The van der Waals surface area contributed by atoms with Crippen LogP contribution in [-0.4, -0.2) is 58.2 Å². The second-order valence-corrected chi connectivity index (χ2v) is 8.34. The number of nitrogens with zero attached hydrogens (tertiary/aromatic N) is 4. The molecule has 1 aliphatic heterocycles. The number of hydrogen-bond acceptors (Lipinski definition) is 3. The molecule has 2 aromatic rings. The highest BCUT2D eigenvalue weighted by Crippen LogP contribution is 2.28. The third-order valence-electron chi connectivity index (χ3n) is 6.54. The van der Waals surface area contributed by atoms with Crippen molar-refractivity contribution < 1.29 is 4.79 Å². The molecule has 0 N–H and O–H groups in total. The topological polar surface area (TPSA) is 41.4 Å². The van der Waals surface area contributed by atoms with Crippen LogP contribution in [-0.2, 0) is 24.7 Å². The van der Waals surface area contributed by atoms with Crippen LogP contribution in [0.4, 0.5) is 0 Å². The smallest absolute Gasteiger partial charge is 0.236 e. The molecule has 28 heavy (non-hydrogen) atoms. The number of fused-ring (bicyclic) bond motifs is 1. The Kier molecular flexibility index (Phi) is 5.81. The summed E-state index contributed by atoms with van der Waals surface area (Å²) in [5.74, 6) is 0.277. The van der Waals surface area contributed by atoms with Crippen LogP contribution >= 0.6 is 0 Å². The Labute approximate surface area is 168 Å². The molecular formula is C23H32N4O. The first-order chi connectivity index (χ1) is 13.6. The van der Waals surface area contributed by atoms with Crippen molar-refractivity contribution >= 4 is 5.91 Å². The highest BCUT2D eigenvalue weighted by Gasteiger charge is 2.26. The molecule has 0 atom stereocenters. The van der Waals surface area contributed by atoms with E-state index < -0.39 is 0 Å². The van der Waals surface area contributed by atoms with Gasteiger partial charge >= 0.3 is 0 Å². The molecule has 1 aliphatic carbocycles. The number of carbonyl (C=O) groups excluding carboxylic acids is 1. The number of aromatic nitrogens is 2. The second kappa shape index (κ2) is 8.48. The molecule has 1 fully saturated rings. The number of aryl methyl sites for hydroxylation is 1. The third-order valence-corrected chi connectivity index (χ3v) is 6.54. The fraction of sp³-hybridized carbons (Fsp3) is 0.565. The lowest BCUT2D eigenvalue weighted by molar-refractivity contribution is -0.133. The maximum atomic E-state index is 12.9. The molecule has 1 saturated carbocycles. The van der Waals surface area contributed by atoms with Crippen LogP contribution in [0.1, 0.15) is 43.4 Å². The fourth-order valence-electron chi connectivity index (χ4n) is 4.78. The lowest BCUT2D eigenvalue weighted by atomic mass is 9.94. The Bertz CT molecular complexity index is 808. The lowest BCUT2D eigenvalue weighted by Gasteiger charge is -2.33. The zero-order valence-electron chi connectivity index (χ0n) is 17.2. The van der Waals surface area contributed by atoms with Gasteiger partial charge in [-0.05, 0) is 19.3 Å². The average molecular weight is 381 g/mol. The minimum atomic E-state index is 0.277. The molecule has 5 nitrogen and oxygen atoms in total. The Hall–Kier alpha value is -2.14. The summed E-state index contributed by atoms with van der Waals surface area (Å²) in [6.07, 6.45) is 8.08. The van der Waals surface area contributed by atoms with Crippen LogP contribution in [0, 0.1) is 0 Å². The van der Waals surface area contributed by atoms with Crippen LogP contribution in [0.2, 0.25) is 0 Å². The van der Waals surface area contributed by atoms with E-state index in [0.717, 1.165) is 31.6 Å². The van der Waals surface area contributed by atoms with Crippen molar-refractivity contribution in [3.05, 3.63) is 41.6 Å². The zero-order valence-corrected chi connectivity index (χ0v) is 17.2. The van der Waals surface area contributed by atoms with Gasteiger partial charge in [-0.3, -0.25) is 14.4 Å². The van der Waals surface area contributed by atoms with E-state index in [1.807, 2.05) is 29.7 Å². The summed E-state index contributed by atoms with van der Waals surface area (Å²) >= 11 is 0. The number of hydrogen-bond donors (Lipinski definition) is 0. The first-order valence-electron chi connectivity index (χ1n) is 10.7. The maximum absolute atomic E-state index is 12.9. The molecule has 150 valence electrons. The quantitative estimate of drug-likeness (QED) is 0.817. The van der Waals surface area contributed by atoms with Gasteiger partial charge in [-0.25, -0.2) is 0 Å². The third kappa shape index (κ3) is 4.00. The maximum Gasteiger partial charge on any atom is 0.236 e. The number of benzene rings is 1. The molecule has 1 aromatic heterocycles. The van der Waals surface area contributed by atoms with E-state index in [0.29, 0.717) is 12.6 Å². The van der Waals surface area contributed by atoms with Gasteiger partial charge in [0, 0.05) is 56.5 Å². The van der Waals surface area contributed by atoms with Crippen LogP contribution in [0.15, 0.2) is 30.3 Å². The molecule has 1 amide bonds. The minimum Gasteiger partial charge on any atom is -0.342 e. The molecule has 0 unspecified atom stereocenters. The number of amides is 1. The Morgan fingerprint density at radius 2 is 1.82 bits per heavy atom. The first-order valence-corrected chi connectivity index (χ1v) is 10.7. The zero-order chi connectivity index (χ0) is 19.5. The van der Waals surface area contributed by atoms with E-state index in [1.165, 1.54) is 48.9 Å². The van der Waals surface area contributed by atoms with Gasteiger partial charge in [0.05, 0.1) is 12.2 Å². The van der Waals surface area contributed by atoms with Crippen LogP contribution in [0.25, 0.3) is 11.3 Å². The summed E-state index contributed by atoms with van der Waals surface area (Å²) < 4.78 is 2.04. The SMILES string of the molecule is CN(C(=O)CN1CCc2c(-c3ccccc3)nn(C)c2CC1)C1CCCCC1. The largest absolute Gasteiger partial charge is 0.342 e. The minimum absolute atomic E-state index is 0.277. The van der Waals surface area contributed by atoms with Gasteiger partial charge in [0.2, 0.25) is 5.91 Å². The molecular weight excluding hydrogens is 348 g/mol. The summed E-state index contributed by atoms with van der Waals surface area (Å²) in [7, 11) is 4.05. The van der Waals surface area contributed by atoms with Gasteiger partial charge in [-0.2, -0.15) is 5.10 Å². The van der Waals surface area contributed by atoms with Crippen molar-refractivity contribution in [1.29, 1.82) is 0 Å². The van der Waals surface area contributed by atoms with Gasteiger partial charge in [-0.1, -0.05) is 49.6 Å². The molecule has 1 aromatic carbocycles. The van der Waals surface area contributed by atoms with Gasteiger partial charge in [-0.15, -0.1) is 0 Å². The molecule has 2 aliphatic rings. The van der Waals surface area contributed by atoms with Crippen molar-refractivity contribution in [3.63, 3.8) is 0 Å². The fourth-order valence-corrected chi connectivity index (χ4v) is 4.78. The van der Waals surface area contributed by atoms with Crippen LogP contribution in [0.3, 0.4) is 0 Å². The molecule has 0 bridgehead atoms. The van der Waals surface area contributed by atoms with Crippen molar-refractivity contribution in [1.82, 2.24) is 19.6 Å². The Balaban J connectivity index is 1.43. The Morgan fingerprint density at radius 1 is 1.11 bits per heavy atom. The molecule has 2 heterocycles. The highest BCUT2D eigenvalue weighted by molar-refractivity contribution is 5.78. The van der Waals surface area contributed by atoms with Gasteiger partial charge in [0.15, 0.2) is 0 Å². The van der Waals surface area contributed by atoms with E-state index >= 15 is 0 Å². The summed E-state index contributed by atoms with van der Waals surface area (Å²) in [5, 5.41) is 4.80. The highest BCUT2D eigenvalue weighted by atomic mass is 16.2. The van der Waals surface area contributed by atoms with Crippen molar-refractivity contribution in [2.24, 2.45) is 7.05 Å². The van der Waals surface area contributed by atoms with Crippen molar-refractivity contribution in [2.45, 2.75) is 51.0 Å². The Morgan fingerprint density at radius 3 is 2.57 bits per heavy atom. The van der Waals surface area contributed by atoms with E-state index in [2.05, 4.69) is 29.2 Å². The molecule has 0 spiro atoms. The molecule has 4 rings (SSSR count). The summed E-state index contributed by atoms with van der Waals surface area (Å²) in [4.78, 5) is 17.2. The molecule has 5 heteroatoms. The average Bonchev–Trinajstić information content (AvgIpc) is 2.91. The predicted molar refractivity (Wildman–Crippen MR) is 112 cm³/mol. The first kappa shape index (κ1) is 19.2. The number of carbonyl (C=O) groups is 1. The molecule has 0 saturated heterocycles. The van der Waals surface area contributed by atoms with Gasteiger partial charge in [0.1, 0.15) is 0 Å². The molecule has 0 radical (unpaired) electrons. The number of likely N-dealkylation sites (N-methyl/N-ethyl adjacent to an activating group) is 1. The van der Waals surface area contributed by atoms with Gasteiger partial charge < -0.3 is 4.90 Å². The van der Waals surface area contributed by atoms with E-state index in [4.69, 9.17) is 5.10 Å². The standard InChI is InChI=1S/C23H32N4O/c1-25(19-11-7-4-8-12-19)22(28)17-27-15-13-20-21(14-16-27)26(2)24-23(20)18-9-5-3-6-10-18/h3,5-6,9-10,19H,4,7-8,11-17H2,1-2H3. The summed E-state index contributed by atoms with van der Waals surface area (Å²) in [6, 6.07) is 10.9. The van der Waals surface area contributed by atoms with Crippen LogP contribution in [0.5, 0.6) is 0 Å². The second-order valence-electron chi connectivity index (χ2n) is 8.34. The van der Waals surface area contributed by atoms with E-state index in [1.54, 1.807) is 0 Å². The van der Waals surface area contributed by atoms with E-state index in [-0.39, 0.29) is 5.91 Å². The normalized spacial score (nSPS) is 18.5. The van der Waals surface area contributed by atoms with Crippen molar-refractivity contribution in [2.75, 3.05) is 26.7 Å². The summed E-state index contributed by atoms with van der Waals surface area (Å²) in [5.41, 5.74) is 4.95. The van der Waals surface area contributed by atoms with Gasteiger partial charge in [0.25, 0.3) is 0 Å². The predicted octanol–water partition coefficient (Wildman–Crippen LogP) is 3.28. The van der Waals surface area contributed by atoms with Crippen LogP contribution < -0.4 is 0 Å². The summed E-state index contributed by atoms with van der Waals surface area (Å²) in [6.45, 7) is 2.38. The number of rotatable bonds is 4.